The molecular weight excluding hydrogens is 200 g/mol. The van der Waals surface area contributed by atoms with Gasteiger partial charge in [-0.05, 0) is 45.8 Å². The second kappa shape index (κ2) is 8.93. The topological polar surface area (TPSA) is 62.1 Å². The monoisotopic (exact) mass is 230 g/mol. The predicted molar refractivity (Wildman–Crippen MR) is 71.3 cm³/mol. The van der Waals surface area contributed by atoms with Crippen LogP contribution < -0.4 is 21.7 Å². The van der Waals surface area contributed by atoms with Gasteiger partial charge in [-0.3, -0.25) is 16.4 Å². The SMILES string of the molecule is CCCNC(C)C(N)(NCCC)NCCC. The average Bonchev–Trinajstić information content (AvgIpc) is 2.30. The van der Waals surface area contributed by atoms with E-state index in [1.807, 2.05) is 0 Å². The largest absolute Gasteiger partial charge is 0.310 e. The third kappa shape index (κ3) is 5.80. The van der Waals surface area contributed by atoms with E-state index in [0.29, 0.717) is 0 Å². The molecule has 0 amide bonds. The highest BCUT2D eigenvalue weighted by molar-refractivity contribution is 4.88. The molecule has 0 heterocycles. The van der Waals surface area contributed by atoms with Crippen LogP contribution in [0.1, 0.15) is 47.0 Å². The first-order chi connectivity index (χ1) is 7.60. The van der Waals surface area contributed by atoms with Crippen molar-refractivity contribution in [1.82, 2.24) is 16.0 Å². The first-order valence-corrected chi connectivity index (χ1v) is 6.63. The molecule has 0 saturated heterocycles. The third-order valence-electron chi connectivity index (χ3n) is 2.72. The lowest BCUT2D eigenvalue weighted by molar-refractivity contribution is 0.198. The molecule has 0 spiro atoms. The van der Waals surface area contributed by atoms with Crippen molar-refractivity contribution in [3.63, 3.8) is 0 Å². The van der Waals surface area contributed by atoms with Gasteiger partial charge in [-0.2, -0.15) is 0 Å². The summed E-state index contributed by atoms with van der Waals surface area (Å²) in [5, 5.41) is 10.2. The third-order valence-corrected chi connectivity index (χ3v) is 2.72. The molecule has 0 bridgehead atoms. The Kier molecular flexibility index (Phi) is 8.84. The van der Waals surface area contributed by atoms with E-state index in [-0.39, 0.29) is 6.04 Å². The Bertz CT molecular complexity index is 153. The zero-order valence-corrected chi connectivity index (χ0v) is 11.4. The van der Waals surface area contributed by atoms with Crippen LogP contribution in [-0.2, 0) is 0 Å². The van der Waals surface area contributed by atoms with Gasteiger partial charge in [0.1, 0.15) is 5.79 Å². The van der Waals surface area contributed by atoms with Gasteiger partial charge in [-0.15, -0.1) is 0 Å². The molecule has 0 aromatic heterocycles. The molecule has 16 heavy (non-hydrogen) atoms. The number of nitrogens with two attached hydrogens (primary N) is 1. The Morgan fingerprint density at radius 1 is 0.938 bits per heavy atom. The van der Waals surface area contributed by atoms with Gasteiger partial charge in [0.05, 0.1) is 0 Å². The summed E-state index contributed by atoms with van der Waals surface area (Å²) < 4.78 is 0. The van der Waals surface area contributed by atoms with Gasteiger partial charge in [0.15, 0.2) is 0 Å². The quantitative estimate of drug-likeness (QED) is 0.423. The van der Waals surface area contributed by atoms with Crippen LogP contribution in [0.15, 0.2) is 0 Å². The Morgan fingerprint density at radius 3 is 1.75 bits per heavy atom. The second-order valence-electron chi connectivity index (χ2n) is 4.40. The van der Waals surface area contributed by atoms with E-state index in [0.717, 1.165) is 38.9 Å². The highest BCUT2D eigenvalue weighted by Gasteiger charge is 2.29. The van der Waals surface area contributed by atoms with Crippen LogP contribution in [0.5, 0.6) is 0 Å². The fraction of sp³-hybridized carbons (Fsp3) is 1.00. The van der Waals surface area contributed by atoms with Crippen LogP contribution in [-0.4, -0.2) is 31.5 Å². The van der Waals surface area contributed by atoms with E-state index in [9.17, 15) is 0 Å². The van der Waals surface area contributed by atoms with E-state index in [1.54, 1.807) is 0 Å². The molecule has 5 N–H and O–H groups in total. The van der Waals surface area contributed by atoms with E-state index >= 15 is 0 Å². The van der Waals surface area contributed by atoms with Crippen molar-refractivity contribution in [3.05, 3.63) is 0 Å². The van der Waals surface area contributed by atoms with Crippen molar-refractivity contribution in [2.24, 2.45) is 5.73 Å². The van der Waals surface area contributed by atoms with Gasteiger partial charge >= 0.3 is 0 Å². The van der Waals surface area contributed by atoms with Gasteiger partial charge in [-0.1, -0.05) is 20.8 Å². The normalized spacial score (nSPS) is 14.1. The molecule has 1 unspecified atom stereocenters. The van der Waals surface area contributed by atoms with E-state index in [4.69, 9.17) is 5.73 Å². The van der Waals surface area contributed by atoms with Crippen LogP contribution in [0.2, 0.25) is 0 Å². The molecule has 1 atom stereocenters. The molecule has 0 aromatic carbocycles. The highest BCUT2D eigenvalue weighted by Crippen LogP contribution is 2.00. The van der Waals surface area contributed by atoms with Gasteiger partial charge in [0.2, 0.25) is 0 Å². The van der Waals surface area contributed by atoms with E-state index < -0.39 is 5.79 Å². The van der Waals surface area contributed by atoms with Crippen molar-refractivity contribution in [1.29, 1.82) is 0 Å². The number of hydrogen-bond donors (Lipinski definition) is 4. The molecule has 0 radical (unpaired) electrons. The second-order valence-corrected chi connectivity index (χ2v) is 4.40. The first-order valence-electron chi connectivity index (χ1n) is 6.63. The van der Waals surface area contributed by atoms with Crippen LogP contribution >= 0.6 is 0 Å². The lowest BCUT2D eigenvalue weighted by Crippen LogP contribution is -2.73. The molecule has 98 valence electrons. The molecular formula is C12H30N4. The molecule has 0 aliphatic carbocycles. The average molecular weight is 230 g/mol. The molecule has 0 fully saturated rings. The Hall–Kier alpha value is -0.160. The number of rotatable bonds is 10. The Labute approximate surface area is 101 Å². The van der Waals surface area contributed by atoms with Crippen molar-refractivity contribution >= 4 is 0 Å². The van der Waals surface area contributed by atoms with Crippen LogP contribution in [0.25, 0.3) is 0 Å². The lowest BCUT2D eigenvalue weighted by atomic mass is 10.1. The van der Waals surface area contributed by atoms with Gasteiger partial charge < -0.3 is 5.32 Å². The zero-order chi connectivity index (χ0) is 12.4. The molecule has 0 saturated carbocycles. The van der Waals surface area contributed by atoms with Crippen LogP contribution in [0.4, 0.5) is 0 Å². The summed E-state index contributed by atoms with van der Waals surface area (Å²) in [7, 11) is 0. The lowest BCUT2D eigenvalue weighted by Gasteiger charge is -2.38. The molecule has 0 aromatic rings. The summed E-state index contributed by atoms with van der Waals surface area (Å²) in [5.74, 6) is -0.499. The first kappa shape index (κ1) is 15.8. The fourth-order valence-corrected chi connectivity index (χ4v) is 1.55. The number of nitrogens with one attached hydrogen (secondary N) is 3. The van der Waals surface area contributed by atoms with E-state index in [1.165, 1.54) is 0 Å². The van der Waals surface area contributed by atoms with Gasteiger partial charge in [0, 0.05) is 6.04 Å². The number of hydrogen-bond acceptors (Lipinski definition) is 4. The predicted octanol–water partition coefficient (Wildman–Crippen LogP) is 0.986. The smallest absolute Gasteiger partial charge is 0.136 e. The van der Waals surface area contributed by atoms with Gasteiger partial charge in [0.25, 0.3) is 0 Å². The molecule has 0 aliphatic heterocycles. The van der Waals surface area contributed by atoms with Crippen LogP contribution in [0.3, 0.4) is 0 Å². The van der Waals surface area contributed by atoms with E-state index in [2.05, 4.69) is 43.6 Å². The molecule has 4 nitrogen and oxygen atoms in total. The zero-order valence-electron chi connectivity index (χ0n) is 11.4. The summed E-state index contributed by atoms with van der Waals surface area (Å²) in [6.45, 7) is 11.5. The molecule has 0 rings (SSSR count). The van der Waals surface area contributed by atoms with Crippen molar-refractivity contribution in [2.75, 3.05) is 19.6 Å². The van der Waals surface area contributed by atoms with Crippen molar-refractivity contribution < 1.29 is 0 Å². The maximum Gasteiger partial charge on any atom is 0.136 e. The van der Waals surface area contributed by atoms with Gasteiger partial charge in [-0.25, -0.2) is 0 Å². The maximum atomic E-state index is 6.37. The summed E-state index contributed by atoms with van der Waals surface area (Å²) in [6.07, 6.45) is 3.31. The van der Waals surface area contributed by atoms with Crippen LogP contribution in [0, 0.1) is 0 Å². The summed E-state index contributed by atoms with van der Waals surface area (Å²) >= 11 is 0. The Balaban J connectivity index is 4.24. The fourth-order valence-electron chi connectivity index (χ4n) is 1.55. The minimum absolute atomic E-state index is 0.213. The molecule has 0 aliphatic rings. The standard InChI is InChI=1S/C12H30N4/c1-5-8-14-11(4)12(13,15-9-6-2)16-10-7-3/h11,14-16H,5-10,13H2,1-4H3. The minimum atomic E-state index is -0.499. The summed E-state index contributed by atoms with van der Waals surface area (Å²) in [6, 6.07) is 0.213. The molecule has 4 heteroatoms. The Morgan fingerprint density at radius 2 is 1.38 bits per heavy atom. The highest BCUT2D eigenvalue weighted by atomic mass is 15.3. The van der Waals surface area contributed by atoms with Crippen molar-refractivity contribution in [2.45, 2.75) is 58.8 Å². The summed E-state index contributed by atoms with van der Waals surface area (Å²) in [4.78, 5) is 0. The van der Waals surface area contributed by atoms with Crippen molar-refractivity contribution in [3.8, 4) is 0 Å². The minimum Gasteiger partial charge on any atom is -0.310 e. The summed E-state index contributed by atoms with van der Waals surface area (Å²) in [5.41, 5.74) is 6.37. The maximum absolute atomic E-state index is 6.37.